The summed E-state index contributed by atoms with van der Waals surface area (Å²) in [6, 6.07) is 16.6. The number of fused-ring (bicyclic) bond motifs is 1. The molecule has 26 heavy (non-hydrogen) atoms. The molecular formula is C22H28N2O2. The normalized spacial score (nSPS) is 23.5. The average Bonchev–Trinajstić information content (AvgIpc) is 2.71. The van der Waals surface area contributed by atoms with Crippen LogP contribution in [0.3, 0.4) is 0 Å². The first-order valence-electron chi connectivity index (χ1n) is 9.62. The highest BCUT2D eigenvalue weighted by molar-refractivity contribution is 5.58. The van der Waals surface area contributed by atoms with Crippen molar-refractivity contribution in [3.63, 3.8) is 0 Å². The van der Waals surface area contributed by atoms with E-state index in [1.54, 1.807) is 7.11 Å². The zero-order valence-corrected chi connectivity index (χ0v) is 15.5. The highest BCUT2D eigenvalue weighted by Crippen LogP contribution is 2.35. The summed E-state index contributed by atoms with van der Waals surface area (Å²) in [5, 5.41) is 10.8. The topological polar surface area (TPSA) is 35.9 Å². The molecule has 2 aromatic rings. The Morgan fingerprint density at radius 2 is 1.73 bits per heavy atom. The smallest absolute Gasteiger partial charge is 0.142 e. The molecule has 1 saturated heterocycles. The van der Waals surface area contributed by atoms with Gasteiger partial charge >= 0.3 is 0 Å². The number of aliphatic hydroxyl groups excluding tert-OH is 1. The van der Waals surface area contributed by atoms with E-state index in [1.807, 2.05) is 18.2 Å². The van der Waals surface area contributed by atoms with Crippen molar-refractivity contribution < 1.29 is 9.84 Å². The zero-order chi connectivity index (χ0) is 17.9. The van der Waals surface area contributed by atoms with Gasteiger partial charge in [-0.2, -0.15) is 0 Å². The first-order valence-corrected chi connectivity index (χ1v) is 9.62. The molecule has 0 spiro atoms. The van der Waals surface area contributed by atoms with E-state index in [0.717, 1.165) is 56.9 Å². The molecule has 0 bridgehead atoms. The standard InChI is InChI=1S/C22H28N2O2/c1-26-21-9-5-4-8-20(21)24-14-12-23(13-15-24)16-18-11-10-17-6-2-3-7-19(17)22(18)25/h2-9,18,22,25H,10-16H2,1H3. The molecule has 4 heteroatoms. The molecule has 1 aliphatic carbocycles. The molecule has 1 aliphatic heterocycles. The minimum atomic E-state index is -0.327. The molecule has 1 fully saturated rings. The summed E-state index contributed by atoms with van der Waals surface area (Å²) in [6.45, 7) is 5.04. The van der Waals surface area contributed by atoms with Crippen molar-refractivity contribution in [2.24, 2.45) is 5.92 Å². The van der Waals surface area contributed by atoms with Gasteiger partial charge in [0.05, 0.1) is 18.9 Å². The fourth-order valence-corrected chi connectivity index (χ4v) is 4.39. The fraction of sp³-hybridized carbons (Fsp3) is 0.455. The molecule has 4 nitrogen and oxygen atoms in total. The molecule has 0 aromatic heterocycles. The number of benzene rings is 2. The number of aryl methyl sites for hydroxylation is 1. The van der Waals surface area contributed by atoms with Crippen LogP contribution in [-0.2, 0) is 6.42 Å². The fourth-order valence-electron chi connectivity index (χ4n) is 4.39. The summed E-state index contributed by atoms with van der Waals surface area (Å²) in [6.07, 6.45) is 1.83. The van der Waals surface area contributed by atoms with Crippen molar-refractivity contribution in [2.75, 3.05) is 44.7 Å². The quantitative estimate of drug-likeness (QED) is 0.917. The minimum Gasteiger partial charge on any atom is -0.495 e. The van der Waals surface area contributed by atoms with E-state index >= 15 is 0 Å². The van der Waals surface area contributed by atoms with Crippen LogP contribution in [0.2, 0.25) is 0 Å². The van der Waals surface area contributed by atoms with Crippen molar-refractivity contribution in [3.05, 3.63) is 59.7 Å². The summed E-state index contributed by atoms with van der Waals surface area (Å²) in [7, 11) is 1.73. The van der Waals surface area contributed by atoms with Crippen LogP contribution in [0.5, 0.6) is 5.75 Å². The molecule has 0 radical (unpaired) electrons. The number of para-hydroxylation sites is 2. The number of methoxy groups -OCH3 is 1. The van der Waals surface area contributed by atoms with Gasteiger partial charge in [-0.25, -0.2) is 0 Å². The first kappa shape index (κ1) is 17.4. The van der Waals surface area contributed by atoms with Crippen molar-refractivity contribution in [1.29, 1.82) is 0 Å². The molecule has 0 amide bonds. The number of piperazine rings is 1. The monoisotopic (exact) mass is 352 g/mol. The van der Waals surface area contributed by atoms with E-state index in [2.05, 4.69) is 40.1 Å². The largest absolute Gasteiger partial charge is 0.495 e. The van der Waals surface area contributed by atoms with Crippen molar-refractivity contribution in [3.8, 4) is 5.75 Å². The lowest BCUT2D eigenvalue weighted by molar-refractivity contribution is 0.0642. The van der Waals surface area contributed by atoms with E-state index in [-0.39, 0.29) is 6.10 Å². The van der Waals surface area contributed by atoms with Crippen LogP contribution < -0.4 is 9.64 Å². The van der Waals surface area contributed by atoms with Crippen LogP contribution in [0, 0.1) is 5.92 Å². The highest BCUT2D eigenvalue weighted by atomic mass is 16.5. The number of ether oxygens (including phenoxy) is 1. The summed E-state index contributed by atoms with van der Waals surface area (Å²) in [4.78, 5) is 4.91. The second kappa shape index (κ2) is 7.68. The second-order valence-electron chi connectivity index (χ2n) is 7.40. The number of nitrogens with zero attached hydrogens (tertiary/aromatic N) is 2. The van der Waals surface area contributed by atoms with Gasteiger partial charge in [0.1, 0.15) is 5.75 Å². The van der Waals surface area contributed by atoms with Crippen LogP contribution in [0.4, 0.5) is 5.69 Å². The van der Waals surface area contributed by atoms with Gasteiger partial charge < -0.3 is 14.7 Å². The first-order chi connectivity index (χ1) is 12.8. The molecule has 1 heterocycles. The Morgan fingerprint density at radius 1 is 1.00 bits per heavy atom. The lowest BCUT2D eigenvalue weighted by Crippen LogP contribution is -2.48. The Labute approximate surface area is 156 Å². The molecule has 138 valence electrons. The Hall–Kier alpha value is -2.04. The minimum absolute atomic E-state index is 0.327. The van der Waals surface area contributed by atoms with Crippen molar-refractivity contribution in [1.82, 2.24) is 4.90 Å². The predicted octanol–water partition coefficient (Wildman–Crippen LogP) is 3.11. The Bertz CT molecular complexity index is 740. The van der Waals surface area contributed by atoms with Crippen LogP contribution in [0.25, 0.3) is 0 Å². The van der Waals surface area contributed by atoms with Gasteiger partial charge in [-0.05, 0) is 36.1 Å². The third-order valence-electron chi connectivity index (χ3n) is 5.90. The third-order valence-corrected chi connectivity index (χ3v) is 5.90. The predicted molar refractivity (Wildman–Crippen MR) is 105 cm³/mol. The SMILES string of the molecule is COc1ccccc1N1CCN(CC2CCc3ccccc3C2O)CC1. The van der Waals surface area contributed by atoms with Gasteiger partial charge in [0.2, 0.25) is 0 Å². The summed E-state index contributed by atoms with van der Waals surface area (Å²) >= 11 is 0. The number of anilines is 1. The van der Waals surface area contributed by atoms with Gasteiger partial charge in [-0.1, -0.05) is 36.4 Å². The molecule has 0 saturated carbocycles. The van der Waals surface area contributed by atoms with Gasteiger partial charge in [-0.15, -0.1) is 0 Å². The van der Waals surface area contributed by atoms with E-state index in [1.165, 1.54) is 11.3 Å². The van der Waals surface area contributed by atoms with Crippen molar-refractivity contribution in [2.45, 2.75) is 18.9 Å². The van der Waals surface area contributed by atoms with Gasteiger partial charge in [0, 0.05) is 38.6 Å². The summed E-state index contributed by atoms with van der Waals surface area (Å²) in [5.74, 6) is 1.28. The average molecular weight is 352 g/mol. The molecule has 2 atom stereocenters. The molecule has 2 unspecified atom stereocenters. The summed E-state index contributed by atoms with van der Waals surface area (Å²) in [5.41, 5.74) is 3.63. The second-order valence-corrected chi connectivity index (χ2v) is 7.40. The van der Waals surface area contributed by atoms with Gasteiger partial charge in [0.15, 0.2) is 0 Å². The molecule has 2 aliphatic rings. The lowest BCUT2D eigenvalue weighted by atomic mass is 9.81. The molecule has 2 aromatic carbocycles. The number of hydrogen-bond acceptors (Lipinski definition) is 4. The highest BCUT2D eigenvalue weighted by Gasteiger charge is 2.30. The maximum Gasteiger partial charge on any atom is 0.142 e. The molecule has 1 N–H and O–H groups in total. The van der Waals surface area contributed by atoms with Crippen molar-refractivity contribution >= 4 is 5.69 Å². The maximum absolute atomic E-state index is 10.8. The van der Waals surface area contributed by atoms with Gasteiger partial charge in [0.25, 0.3) is 0 Å². The van der Waals surface area contributed by atoms with E-state index in [9.17, 15) is 5.11 Å². The van der Waals surface area contributed by atoms with Crippen LogP contribution >= 0.6 is 0 Å². The summed E-state index contributed by atoms with van der Waals surface area (Å²) < 4.78 is 5.51. The van der Waals surface area contributed by atoms with Crippen LogP contribution in [0.15, 0.2) is 48.5 Å². The van der Waals surface area contributed by atoms with Crippen LogP contribution in [-0.4, -0.2) is 49.8 Å². The lowest BCUT2D eigenvalue weighted by Gasteiger charge is -2.40. The Morgan fingerprint density at radius 3 is 2.54 bits per heavy atom. The zero-order valence-electron chi connectivity index (χ0n) is 15.5. The molecular weight excluding hydrogens is 324 g/mol. The van der Waals surface area contributed by atoms with E-state index < -0.39 is 0 Å². The van der Waals surface area contributed by atoms with E-state index in [4.69, 9.17) is 4.74 Å². The number of rotatable bonds is 4. The van der Waals surface area contributed by atoms with Gasteiger partial charge in [-0.3, -0.25) is 4.90 Å². The number of hydrogen-bond donors (Lipinski definition) is 1. The van der Waals surface area contributed by atoms with Crippen LogP contribution in [0.1, 0.15) is 23.7 Å². The Kier molecular flexibility index (Phi) is 5.14. The Balaban J connectivity index is 1.36. The maximum atomic E-state index is 10.8. The molecule has 4 rings (SSSR count). The van der Waals surface area contributed by atoms with E-state index in [0.29, 0.717) is 5.92 Å². The third kappa shape index (κ3) is 3.44. The number of aliphatic hydroxyl groups is 1.